The molecule has 0 aliphatic rings. The third kappa shape index (κ3) is 8.27. The molecule has 0 bridgehead atoms. The Balaban J connectivity index is 3.28. The second kappa shape index (κ2) is 3.44. The minimum atomic E-state index is 0.185. The van der Waals surface area contributed by atoms with Gasteiger partial charge in [-0.3, -0.25) is 0 Å². The first-order valence-corrected chi connectivity index (χ1v) is 3.69. The van der Waals surface area contributed by atoms with Crippen LogP contribution >= 0.6 is 12.0 Å². The number of hydroxylamine groups is 2. The first-order valence-electron chi connectivity index (χ1n) is 2.95. The maximum absolute atomic E-state index is 5.16. The van der Waals surface area contributed by atoms with Gasteiger partial charge in [-0.2, -0.15) is 5.06 Å². The predicted molar refractivity (Wildman–Crippen MR) is 42.1 cm³/mol. The Labute approximate surface area is 61.7 Å². The average molecular weight is 149 g/mol. The average Bonchev–Trinajstić information content (AvgIpc) is 1.59. The lowest BCUT2D eigenvalue weighted by Crippen LogP contribution is -2.15. The Morgan fingerprint density at radius 3 is 1.78 bits per heavy atom. The van der Waals surface area contributed by atoms with Crippen molar-refractivity contribution >= 4 is 12.0 Å². The number of rotatable bonds is 2. The fourth-order valence-corrected chi connectivity index (χ4v) is 0.559. The van der Waals surface area contributed by atoms with E-state index >= 15 is 0 Å². The van der Waals surface area contributed by atoms with Crippen molar-refractivity contribution in [3.8, 4) is 0 Å². The van der Waals surface area contributed by atoms with Crippen LogP contribution in [0, 0.1) is 0 Å². The van der Waals surface area contributed by atoms with Gasteiger partial charge in [-0.15, -0.1) is 0 Å². The van der Waals surface area contributed by atoms with Crippen LogP contribution in [0.3, 0.4) is 0 Å². The van der Waals surface area contributed by atoms with Crippen LogP contribution in [0.1, 0.15) is 20.8 Å². The summed E-state index contributed by atoms with van der Waals surface area (Å²) in [7, 11) is 3.75. The SMILES string of the molecule is CN(C)OSC(C)(C)C. The quantitative estimate of drug-likeness (QED) is 0.439. The molecule has 0 saturated carbocycles. The number of nitrogens with zero attached hydrogens (tertiary/aromatic N) is 1. The molecule has 0 aromatic heterocycles. The summed E-state index contributed by atoms with van der Waals surface area (Å²) >= 11 is 1.47. The summed E-state index contributed by atoms with van der Waals surface area (Å²) in [5, 5.41) is 1.69. The van der Waals surface area contributed by atoms with Gasteiger partial charge in [-0.25, -0.2) is 4.28 Å². The van der Waals surface area contributed by atoms with Gasteiger partial charge in [-0.1, -0.05) is 0 Å². The minimum absolute atomic E-state index is 0.185. The van der Waals surface area contributed by atoms with E-state index in [2.05, 4.69) is 20.8 Å². The van der Waals surface area contributed by atoms with Gasteiger partial charge >= 0.3 is 0 Å². The summed E-state index contributed by atoms with van der Waals surface area (Å²) in [6.45, 7) is 6.34. The van der Waals surface area contributed by atoms with Crippen LogP contribution in [0.4, 0.5) is 0 Å². The zero-order chi connectivity index (χ0) is 7.49. The van der Waals surface area contributed by atoms with Gasteiger partial charge in [0, 0.05) is 30.9 Å². The van der Waals surface area contributed by atoms with Gasteiger partial charge in [0.15, 0.2) is 0 Å². The van der Waals surface area contributed by atoms with Crippen molar-refractivity contribution in [2.75, 3.05) is 14.1 Å². The van der Waals surface area contributed by atoms with Crippen LogP contribution in [0.2, 0.25) is 0 Å². The Morgan fingerprint density at radius 1 is 1.22 bits per heavy atom. The number of hydrogen-bond acceptors (Lipinski definition) is 3. The van der Waals surface area contributed by atoms with E-state index in [-0.39, 0.29) is 4.75 Å². The van der Waals surface area contributed by atoms with Crippen molar-refractivity contribution in [3.63, 3.8) is 0 Å². The van der Waals surface area contributed by atoms with Gasteiger partial charge < -0.3 is 0 Å². The lowest BCUT2D eigenvalue weighted by Gasteiger charge is -2.18. The van der Waals surface area contributed by atoms with E-state index in [0.29, 0.717) is 0 Å². The smallest absolute Gasteiger partial charge is 0.0358 e. The van der Waals surface area contributed by atoms with Crippen molar-refractivity contribution < 1.29 is 4.28 Å². The summed E-state index contributed by atoms with van der Waals surface area (Å²) in [6.07, 6.45) is 0. The van der Waals surface area contributed by atoms with Gasteiger partial charge in [0.1, 0.15) is 0 Å². The Hall–Kier alpha value is 0.270. The van der Waals surface area contributed by atoms with Crippen molar-refractivity contribution in [2.24, 2.45) is 0 Å². The highest BCUT2D eigenvalue weighted by molar-refractivity contribution is 7.95. The third-order valence-electron chi connectivity index (χ3n) is 0.436. The number of hydrogen-bond donors (Lipinski definition) is 0. The third-order valence-corrected chi connectivity index (χ3v) is 1.31. The van der Waals surface area contributed by atoms with E-state index in [4.69, 9.17) is 4.28 Å². The zero-order valence-electron chi connectivity index (χ0n) is 6.76. The van der Waals surface area contributed by atoms with E-state index in [9.17, 15) is 0 Å². The fraction of sp³-hybridized carbons (Fsp3) is 1.00. The Morgan fingerprint density at radius 2 is 1.67 bits per heavy atom. The topological polar surface area (TPSA) is 12.5 Å². The molecule has 3 heteroatoms. The van der Waals surface area contributed by atoms with E-state index in [1.165, 1.54) is 12.0 Å². The van der Waals surface area contributed by atoms with Crippen LogP contribution in [0.5, 0.6) is 0 Å². The monoisotopic (exact) mass is 149 g/mol. The highest BCUT2D eigenvalue weighted by Crippen LogP contribution is 2.23. The van der Waals surface area contributed by atoms with Gasteiger partial charge in [0.25, 0.3) is 0 Å². The molecule has 9 heavy (non-hydrogen) atoms. The van der Waals surface area contributed by atoms with Crippen molar-refractivity contribution in [3.05, 3.63) is 0 Å². The molecule has 0 aromatic rings. The van der Waals surface area contributed by atoms with Crippen LogP contribution in [0.15, 0.2) is 0 Å². The molecule has 0 N–H and O–H groups in total. The summed E-state index contributed by atoms with van der Waals surface area (Å²) in [5.74, 6) is 0. The lowest BCUT2D eigenvalue weighted by molar-refractivity contribution is 0.0210. The first-order chi connectivity index (χ1) is 3.92. The van der Waals surface area contributed by atoms with Crippen molar-refractivity contribution in [2.45, 2.75) is 25.5 Å². The summed E-state index contributed by atoms with van der Waals surface area (Å²) < 4.78 is 5.34. The van der Waals surface area contributed by atoms with E-state index in [1.54, 1.807) is 5.06 Å². The Kier molecular flexibility index (Phi) is 3.54. The fourth-order valence-electron chi connectivity index (χ4n) is 0.186. The van der Waals surface area contributed by atoms with Crippen LogP contribution in [-0.2, 0) is 4.28 Å². The maximum atomic E-state index is 5.16. The molecular weight excluding hydrogens is 134 g/mol. The van der Waals surface area contributed by atoms with E-state index in [1.807, 2.05) is 14.1 Å². The van der Waals surface area contributed by atoms with Crippen molar-refractivity contribution in [1.29, 1.82) is 0 Å². The molecule has 0 fully saturated rings. The Bertz CT molecular complexity index is 77.6. The molecule has 0 amide bonds. The molecule has 56 valence electrons. The zero-order valence-corrected chi connectivity index (χ0v) is 7.58. The predicted octanol–water partition coefficient (Wildman–Crippen LogP) is 1.93. The highest BCUT2D eigenvalue weighted by Gasteiger charge is 2.11. The summed E-state index contributed by atoms with van der Waals surface area (Å²) in [5.41, 5.74) is 0. The normalized spacial score (nSPS) is 12.7. The molecule has 0 heterocycles. The molecule has 0 radical (unpaired) electrons. The summed E-state index contributed by atoms with van der Waals surface area (Å²) in [6, 6.07) is 0. The second-order valence-corrected chi connectivity index (χ2v) is 4.62. The van der Waals surface area contributed by atoms with Crippen LogP contribution < -0.4 is 0 Å². The van der Waals surface area contributed by atoms with Gasteiger partial charge in [0.05, 0.1) is 0 Å². The summed E-state index contributed by atoms with van der Waals surface area (Å²) in [4.78, 5) is 0. The molecule has 0 aliphatic carbocycles. The molecular formula is C6H15NOS. The lowest BCUT2D eigenvalue weighted by atomic mass is 10.3. The van der Waals surface area contributed by atoms with E-state index < -0.39 is 0 Å². The maximum Gasteiger partial charge on any atom is 0.0358 e. The molecule has 0 spiro atoms. The van der Waals surface area contributed by atoms with Crippen LogP contribution in [0.25, 0.3) is 0 Å². The van der Waals surface area contributed by atoms with Gasteiger partial charge in [0.2, 0.25) is 0 Å². The van der Waals surface area contributed by atoms with Gasteiger partial charge in [-0.05, 0) is 20.8 Å². The molecule has 2 nitrogen and oxygen atoms in total. The highest BCUT2D eigenvalue weighted by atomic mass is 32.2. The van der Waals surface area contributed by atoms with Crippen molar-refractivity contribution in [1.82, 2.24) is 5.06 Å². The van der Waals surface area contributed by atoms with E-state index in [0.717, 1.165) is 0 Å². The minimum Gasteiger partial charge on any atom is -0.229 e. The standard InChI is InChI=1S/C6H15NOS/c1-6(2,3)9-8-7(4)5/h1-5H3. The largest absolute Gasteiger partial charge is 0.229 e. The first kappa shape index (κ1) is 9.27. The molecule has 0 aromatic carbocycles. The molecule has 0 saturated heterocycles. The molecule has 0 aliphatic heterocycles. The molecule has 0 unspecified atom stereocenters. The second-order valence-electron chi connectivity index (χ2n) is 3.08. The van der Waals surface area contributed by atoms with Crippen LogP contribution in [-0.4, -0.2) is 23.9 Å². The molecule has 0 atom stereocenters. The molecule has 0 rings (SSSR count).